The van der Waals surface area contributed by atoms with Crippen LogP contribution in [0.3, 0.4) is 0 Å². The van der Waals surface area contributed by atoms with Crippen LogP contribution in [0, 0.1) is 20.8 Å². The van der Waals surface area contributed by atoms with Gasteiger partial charge in [-0.15, -0.1) is 0 Å². The first kappa shape index (κ1) is 18.9. The quantitative estimate of drug-likeness (QED) is 0.724. The number of para-hydroxylation sites is 1. The van der Waals surface area contributed by atoms with E-state index in [0.717, 1.165) is 40.0 Å². The van der Waals surface area contributed by atoms with Gasteiger partial charge in [0.1, 0.15) is 0 Å². The highest BCUT2D eigenvalue weighted by Crippen LogP contribution is 2.29. The summed E-state index contributed by atoms with van der Waals surface area (Å²) in [6.07, 6.45) is 3.84. The van der Waals surface area contributed by atoms with Crippen LogP contribution in [0.5, 0.6) is 0 Å². The Balaban J connectivity index is 1.58. The van der Waals surface area contributed by atoms with Gasteiger partial charge >= 0.3 is 0 Å². The van der Waals surface area contributed by atoms with Gasteiger partial charge in [-0.1, -0.05) is 35.9 Å². The Morgan fingerprint density at radius 2 is 1.66 bits per heavy atom. The van der Waals surface area contributed by atoms with Gasteiger partial charge in [0.2, 0.25) is 0 Å². The summed E-state index contributed by atoms with van der Waals surface area (Å²) in [5, 5.41) is 2.97. The van der Waals surface area contributed by atoms with Crippen LogP contribution in [-0.4, -0.2) is 23.3 Å². The lowest BCUT2D eigenvalue weighted by atomic mass is 10.0. The second-order valence-corrected chi connectivity index (χ2v) is 7.53. The van der Waals surface area contributed by atoms with E-state index in [2.05, 4.69) is 10.3 Å². The first-order chi connectivity index (χ1) is 13.9. The Morgan fingerprint density at radius 1 is 0.966 bits per heavy atom. The van der Waals surface area contributed by atoms with Crippen LogP contribution in [-0.2, 0) is 6.42 Å². The van der Waals surface area contributed by atoms with Crippen molar-refractivity contribution in [2.24, 2.45) is 0 Å². The van der Waals surface area contributed by atoms with Gasteiger partial charge in [-0.3, -0.25) is 14.6 Å². The van der Waals surface area contributed by atoms with Crippen LogP contribution in [0.4, 0.5) is 11.4 Å². The molecule has 2 amide bonds. The van der Waals surface area contributed by atoms with Crippen LogP contribution < -0.4 is 10.2 Å². The molecule has 1 aliphatic heterocycles. The topological polar surface area (TPSA) is 62.3 Å². The number of rotatable bonds is 3. The first-order valence-corrected chi connectivity index (χ1v) is 9.68. The molecule has 0 aliphatic carbocycles. The van der Waals surface area contributed by atoms with E-state index < -0.39 is 0 Å². The monoisotopic (exact) mass is 385 g/mol. The van der Waals surface area contributed by atoms with Gasteiger partial charge in [-0.05, 0) is 56.0 Å². The molecule has 1 aliphatic rings. The summed E-state index contributed by atoms with van der Waals surface area (Å²) in [5.74, 6) is -0.413. The molecule has 0 bridgehead atoms. The van der Waals surface area contributed by atoms with Crippen LogP contribution in [0.1, 0.15) is 43.0 Å². The van der Waals surface area contributed by atoms with E-state index in [1.54, 1.807) is 11.0 Å². The average Bonchev–Trinajstić information content (AvgIpc) is 3.14. The van der Waals surface area contributed by atoms with Crippen molar-refractivity contribution in [2.75, 3.05) is 16.8 Å². The summed E-state index contributed by atoms with van der Waals surface area (Å²) < 4.78 is 0. The molecule has 29 heavy (non-hydrogen) atoms. The van der Waals surface area contributed by atoms with Crippen molar-refractivity contribution in [1.82, 2.24) is 4.98 Å². The molecule has 2 aromatic carbocycles. The molecule has 0 fully saturated rings. The predicted molar refractivity (Wildman–Crippen MR) is 115 cm³/mol. The van der Waals surface area contributed by atoms with Crippen molar-refractivity contribution in [2.45, 2.75) is 27.2 Å². The minimum Gasteiger partial charge on any atom is -0.321 e. The maximum absolute atomic E-state index is 13.0. The van der Waals surface area contributed by atoms with Gasteiger partial charge in [-0.25, -0.2) is 0 Å². The number of amides is 2. The second kappa shape index (κ2) is 7.51. The fourth-order valence-electron chi connectivity index (χ4n) is 3.95. The van der Waals surface area contributed by atoms with Gasteiger partial charge in [0.15, 0.2) is 0 Å². The maximum Gasteiger partial charge on any atom is 0.259 e. The average molecular weight is 385 g/mol. The summed E-state index contributed by atoms with van der Waals surface area (Å²) in [5.41, 5.74) is 6.82. The van der Waals surface area contributed by atoms with Gasteiger partial charge in [0, 0.05) is 30.3 Å². The van der Waals surface area contributed by atoms with E-state index in [-0.39, 0.29) is 11.8 Å². The number of nitrogens with zero attached hydrogens (tertiary/aromatic N) is 2. The zero-order valence-electron chi connectivity index (χ0n) is 16.8. The zero-order valence-corrected chi connectivity index (χ0v) is 16.8. The fraction of sp³-hybridized carbons (Fsp3) is 0.208. The van der Waals surface area contributed by atoms with E-state index in [1.165, 1.54) is 12.4 Å². The highest BCUT2D eigenvalue weighted by Gasteiger charge is 2.26. The predicted octanol–water partition coefficient (Wildman–Crippen LogP) is 4.46. The van der Waals surface area contributed by atoms with Gasteiger partial charge in [-0.2, -0.15) is 0 Å². The number of benzene rings is 2. The Morgan fingerprint density at radius 3 is 2.41 bits per heavy atom. The van der Waals surface area contributed by atoms with Crippen LogP contribution in [0.15, 0.2) is 54.9 Å². The molecule has 5 heteroatoms. The van der Waals surface area contributed by atoms with Crippen molar-refractivity contribution in [3.05, 3.63) is 88.2 Å². The molecule has 1 aromatic heterocycles. The molecule has 0 atom stereocenters. The third-order valence-corrected chi connectivity index (χ3v) is 5.30. The Bertz CT molecular complexity index is 1100. The maximum atomic E-state index is 13.0. The summed E-state index contributed by atoms with van der Waals surface area (Å²) in [7, 11) is 0. The fourth-order valence-corrected chi connectivity index (χ4v) is 3.95. The largest absolute Gasteiger partial charge is 0.321 e. The van der Waals surface area contributed by atoms with E-state index in [0.29, 0.717) is 17.7 Å². The number of hydrogen-bond acceptors (Lipinski definition) is 3. The Hall–Kier alpha value is -3.47. The molecule has 5 nitrogen and oxygen atoms in total. The van der Waals surface area contributed by atoms with E-state index >= 15 is 0 Å². The molecule has 4 rings (SSSR count). The third kappa shape index (κ3) is 3.63. The lowest BCUT2D eigenvalue weighted by molar-refractivity contribution is 0.0989. The molecule has 0 spiro atoms. The summed E-state index contributed by atoms with van der Waals surface area (Å²) in [6.45, 7) is 6.61. The van der Waals surface area contributed by atoms with E-state index in [1.807, 2.05) is 57.2 Å². The smallest absolute Gasteiger partial charge is 0.259 e. The number of carbonyl (C=O) groups excluding carboxylic acids is 2. The summed E-state index contributed by atoms with van der Waals surface area (Å²) >= 11 is 0. The van der Waals surface area contributed by atoms with Gasteiger partial charge in [0.25, 0.3) is 11.8 Å². The minimum atomic E-state index is -0.274. The molecule has 0 saturated carbocycles. The molecular weight excluding hydrogens is 362 g/mol. The molecule has 146 valence electrons. The van der Waals surface area contributed by atoms with E-state index in [4.69, 9.17) is 0 Å². The number of pyridine rings is 1. The highest BCUT2D eigenvalue weighted by atomic mass is 16.2. The van der Waals surface area contributed by atoms with E-state index in [9.17, 15) is 9.59 Å². The molecule has 0 unspecified atom stereocenters. The second-order valence-electron chi connectivity index (χ2n) is 7.53. The van der Waals surface area contributed by atoms with Crippen LogP contribution >= 0.6 is 0 Å². The van der Waals surface area contributed by atoms with Crippen molar-refractivity contribution < 1.29 is 9.59 Å². The SMILES string of the molecule is Cc1cc(C)c(NC(=O)c2cncc(C(=O)N3CCc4ccccc43)c2)c(C)c1. The zero-order chi connectivity index (χ0) is 20.5. The summed E-state index contributed by atoms with van der Waals surface area (Å²) in [4.78, 5) is 31.8. The number of aryl methyl sites for hydroxylation is 3. The Kier molecular flexibility index (Phi) is 4.89. The normalized spacial score (nSPS) is 12.6. The van der Waals surface area contributed by atoms with Crippen LogP contribution in [0.25, 0.3) is 0 Å². The molecule has 1 N–H and O–H groups in total. The number of anilines is 2. The number of aromatic nitrogens is 1. The van der Waals surface area contributed by atoms with Crippen molar-refractivity contribution in [1.29, 1.82) is 0 Å². The minimum absolute atomic E-state index is 0.139. The molecule has 2 heterocycles. The van der Waals surface area contributed by atoms with Gasteiger partial charge in [0.05, 0.1) is 11.1 Å². The van der Waals surface area contributed by atoms with Crippen molar-refractivity contribution >= 4 is 23.2 Å². The molecular formula is C24H23N3O2. The lowest BCUT2D eigenvalue weighted by Gasteiger charge is -2.17. The van der Waals surface area contributed by atoms with Gasteiger partial charge < -0.3 is 10.2 Å². The van der Waals surface area contributed by atoms with Crippen molar-refractivity contribution in [3.63, 3.8) is 0 Å². The number of nitrogens with one attached hydrogen (secondary N) is 1. The highest BCUT2D eigenvalue weighted by molar-refractivity contribution is 6.10. The standard InChI is InChI=1S/C24H23N3O2/c1-15-10-16(2)22(17(3)11-15)26-23(28)19-12-20(14-25-13-19)24(29)27-9-8-18-6-4-5-7-21(18)27/h4-7,10-14H,8-9H2,1-3H3,(H,26,28). The number of carbonyl (C=O) groups is 2. The van der Waals surface area contributed by atoms with Crippen molar-refractivity contribution in [3.8, 4) is 0 Å². The molecule has 0 saturated heterocycles. The Labute approximate surface area is 170 Å². The third-order valence-electron chi connectivity index (χ3n) is 5.30. The summed E-state index contributed by atoms with van der Waals surface area (Å²) in [6, 6.07) is 13.6. The number of hydrogen-bond donors (Lipinski definition) is 1. The lowest BCUT2D eigenvalue weighted by Crippen LogP contribution is -2.29. The molecule has 3 aromatic rings. The van der Waals surface area contributed by atoms with Crippen LogP contribution in [0.2, 0.25) is 0 Å². The molecule has 0 radical (unpaired) electrons. The number of fused-ring (bicyclic) bond motifs is 1. The first-order valence-electron chi connectivity index (χ1n) is 9.68.